The minimum absolute atomic E-state index is 0.0136. The van der Waals surface area contributed by atoms with Crippen molar-refractivity contribution in [1.29, 1.82) is 0 Å². The summed E-state index contributed by atoms with van der Waals surface area (Å²) in [5.41, 5.74) is 0. The number of hydrogen-bond donors (Lipinski definition) is 1. The molecule has 2 rings (SSSR count). The molecule has 0 aromatic carbocycles. The molecule has 1 amide bonds. The van der Waals surface area contributed by atoms with Crippen molar-refractivity contribution in [2.75, 3.05) is 39.4 Å². The predicted molar refractivity (Wildman–Crippen MR) is 64.0 cm³/mol. The topological polar surface area (TPSA) is 50.8 Å². The van der Waals surface area contributed by atoms with E-state index in [1.54, 1.807) is 0 Å². The summed E-state index contributed by atoms with van der Waals surface area (Å²) in [6.45, 7) is 4.39. The number of nitrogens with one attached hydrogen (secondary N) is 1. The first-order valence-corrected chi connectivity index (χ1v) is 6.60. The number of amides is 1. The van der Waals surface area contributed by atoms with Crippen molar-refractivity contribution in [3.63, 3.8) is 0 Å². The highest BCUT2D eigenvalue weighted by atomic mass is 16.6. The largest absolute Gasteiger partial charge is 0.447 e. The quantitative estimate of drug-likeness (QED) is 0.784. The van der Waals surface area contributed by atoms with Gasteiger partial charge in [-0.3, -0.25) is 0 Å². The molecule has 1 atom stereocenters. The Morgan fingerprint density at radius 1 is 1.29 bits per heavy atom. The van der Waals surface area contributed by atoms with E-state index in [4.69, 9.17) is 9.47 Å². The second-order valence-electron chi connectivity index (χ2n) is 4.68. The lowest BCUT2D eigenvalue weighted by molar-refractivity contribution is -0.0183. The van der Waals surface area contributed by atoms with Crippen LogP contribution in [0.25, 0.3) is 0 Å². The molecular weight excluding hydrogens is 220 g/mol. The molecule has 2 aliphatic rings. The minimum atomic E-state index is -0.180. The van der Waals surface area contributed by atoms with Gasteiger partial charge in [0, 0.05) is 26.2 Å². The zero-order chi connectivity index (χ0) is 11.9. The van der Waals surface area contributed by atoms with Crippen LogP contribution < -0.4 is 5.32 Å². The van der Waals surface area contributed by atoms with Gasteiger partial charge in [-0.25, -0.2) is 4.79 Å². The highest BCUT2D eigenvalue weighted by Gasteiger charge is 2.20. The molecule has 2 fully saturated rings. The molecule has 0 aliphatic carbocycles. The van der Waals surface area contributed by atoms with Gasteiger partial charge in [-0.2, -0.15) is 0 Å². The van der Waals surface area contributed by atoms with E-state index in [1.165, 1.54) is 12.8 Å². The Morgan fingerprint density at radius 2 is 2.06 bits per heavy atom. The summed E-state index contributed by atoms with van der Waals surface area (Å²) in [7, 11) is 0. The molecular formula is C12H22N2O3. The van der Waals surface area contributed by atoms with Gasteiger partial charge >= 0.3 is 6.09 Å². The molecule has 17 heavy (non-hydrogen) atoms. The van der Waals surface area contributed by atoms with Gasteiger partial charge in [0.25, 0.3) is 0 Å². The second kappa shape index (κ2) is 6.81. The standard InChI is InChI=1S/C12H22N2O3/c15-12(14-6-3-1-2-4-7-14)17-10-11-9-13-5-8-16-11/h11,13H,1-10H2. The fraction of sp³-hybridized carbons (Fsp3) is 0.917. The summed E-state index contributed by atoms with van der Waals surface area (Å²) >= 11 is 0. The first-order valence-electron chi connectivity index (χ1n) is 6.60. The number of ether oxygens (including phenoxy) is 2. The molecule has 0 radical (unpaired) electrons. The first-order chi connectivity index (χ1) is 8.36. The highest BCUT2D eigenvalue weighted by Crippen LogP contribution is 2.11. The molecule has 2 heterocycles. The molecule has 5 heteroatoms. The average Bonchev–Trinajstić information content (AvgIpc) is 2.66. The maximum Gasteiger partial charge on any atom is 0.409 e. The molecule has 1 N–H and O–H groups in total. The van der Waals surface area contributed by atoms with Crippen LogP contribution in [0.5, 0.6) is 0 Å². The van der Waals surface area contributed by atoms with Crippen molar-refractivity contribution in [3.8, 4) is 0 Å². The number of carbonyl (C=O) groups excluding carboxylic acids is 1. The molecule has 0 bridgehead atoms. The maximum absolute atomic E-state index is 11.8. The number of nitrogens with zero attached hydrogens (tertiary/aromatic N) is 1. The third-order valence-corrected chi connectivity index (χ3v) is 3.26. The fourth-order valence-electron chi connectivity index (χ4n) is 2.24. The number of hydrogen-bond acceptors (Lipinski definition) is 4. The Bertz CT molecular complexity index is 234. The summed E-state index contributed by atoms with van der Waals surface area (Å²) < 4.78 is 10.8. The van der Waals surface area contributed by atoms with Crippen molar-refractivity contribution >= 4 is 6.09 Å². The van der Waals surface area contributed by atoms with Gasteiger partial charge in [0.15, 0.2) is 0 Å². The number of rotatable bonds is 2. The smallest absolute Gasteiger partial charge is 0.409 e. The van der Waals surface area contributed by atoms with Crippen LogP contribution in [-0.4, -0.2) is 56.5 Å². The van der Waals surface area contributed by atoms with E-state index in [0.717, 1.165) is 39.0 Å². The van der Waals surface area contributed by atoms with Gasteiger partial charge in [-0.15, -0.1) is 0 Å². The van der Waals surface area contributed by atoms with Gasteiger partial charge in [0.05, 0.1) is 6.61 Å². The number of morpholine rings is 1. The Balaban J connectivity index is 1.68. The number of likely N-dealkylation sites (tertiary alicyclic amines) is 1. The lowest BCUT2D eigenvalue weighted by Crippen LogP contribution is -2.42. The van der Waals surface area contributed by atoms with Gasteiger partial charge in [0.1, 0.15) is 12.7 Å². The predicted octanol–water partition coefficient (Wildman–Crippen LogP) is 0.987. The van der Waals surface area contributed by atoms with Crippen molar-refractivity contribution in [2.45, 2.75) is 31.8 Å². The minimum Gasteiger partial charge on any atom is -0.447 e. The molecule has 98 valence electrons. The van der Waals surface area contributed by atoms with Crippen molar-refractivity contribution in [3.05, 3.63) is 0 Å². The summed E-state index contributed by atoms with van der Waals surface area (Å²) in [5, 5.41) is 3.22. The normalized spacial score (nSPS) is 26.4. The zero-order valence-electron chi connectivity index (χ0n) is 10.3. The monoisotopic (exact) mass is 242 g/mol. The summed E-state index contributed by atoms with van der Waals surface area (Å²) in [5.74, 6) is 0. The van der Waals surface area contributed by atoms with Gasteiger partial charge in [-0.05, 0) is 12.8 Å². The second-order valence-corrected chi connectivity index (χ2v) is 4.68. The van der Waals surface area contributed by atoms with E-state index < -0.39 is 0 Å². The van der Waals surface area contributed by atoms with Gasteiger partial charge < -0.3 is 19.7 Å². The maximum atomic E-state index is 11.8. The van der Waals surface area contributed by atoms with Crippen LogP contribution in [0.2, 0.25) is 0 Å². The summed E-state index contributed by atoms with van der Waals surface area (Å²) in [6, 6.07) is 0. The Morgan fingerprint density at radius 3 is 2.71 bits per heavy atom. The summed E-state index contributed by atoms with van der Waals surface area (Å²) in [4.78, 5) is 13.6. The average molecular weight is 242 g/mol. The van der Waals surface area contributed by atoms with E-state index in [1.807, 2.05) is 4.90 Å². The molecule has 2 saturated heterocycles. The van der Waals surface area contributed by atoms with Gasteiger partial charge in [0.2, 0.25) is 0 Å². The molecule has 0 spiro atoms. The van der Waals surface area contributed by atoms with Crippen molar-refractivity contribution in [1.82, 2.24) is 10.2 Å². The van der Waals surface area contributed by atoms with Gasteiger partial charge in [-0.1, -0.05) is 12.8 Å². The van der Waals surface area contributed by atoms with Crippen LogP contribution >= 0.6 is 0 Å². The van der Waals surface area contributed by atoms with E-state index in [2.05, 4.69) is 5.32 Å². The Labute approximate surface area is 102 Å². The third kappa shape index (κ3) is 4.16. The molecule has 2 aliphatic heterocycles. The van der Waals surface area contributed by atoms with Crippen LogP contribution in [0.4, 0.5) is 4.79 Å². The molecule has 1 unspecified atom stereocenters. The number of carbonyl (C=O) groups is 1. The van der Waals surface area contributed by atoms with E-state index in [0.29, 0.717) is 13.2 Å². The lowest BCUT2D eigenvalue weighted by Gasteiger charge is -2.25. The Kier molecular flexibility index (Phi) is 5.07. The summed E-state index contributed by atoms with van der Waals surface area (Å²) in [6.07, 6.45) is 4.47. The Hall–Kier alpha value is -0.810. The van der Waals surface area contributed by atoms with E-state index >= 15 is 0 Å². The molecule has 5 nitrogen and oxygen atoms in total. The highest BCUT2D eigenvalue weighted by molar-refractivity contribution is 5.67. The molecule has 0 aromatic rings. The van der Waals surface area contributed by atoms with Crippen LogP contribution in [0.15, 0.2) is 0 Å². The van der Waals surface area contributed by atoms with Crippen LogP contribution in [0.1, 0.15) is 25.7 Å². The molecule has 0 saturated carbocycles. The van der Waals surface area contributed by atoms with E-state index in [-0.39, 0.29) is 12.2 Å². The zero-order valence-corrected chi connectivity index (χ0v) is 10.3. The van der Waals surface area contributed by atoms with Crippen LogP contribution in [0, 0.1) is 0 Å². The van der Waals surface area contributed by atoms with Crippen LogP contribution in [0.3, 0.4) is 0 Å². The van der Waals surface area contributed by atoms with E-state index in [9.17, 15) is 4.79 Å². The third-order valence-electron chi connectivity index (χ3n) is 3.26. The lowest BCUT2D eigenvalue weighted by atomic mass is 10.2. The van der Waals surface area contributed by atoms with Crippen molar-refractivity contribution in [2.24, 2.45) is 0 Å². The van der Waals surface area contributed by atoms with Crippen molar-refractivity contribution < 1.29 is 14.3 Å². The SMILES string of the molecule is O=C(OCC1CNCCO1)N1CCCCCC1. The molecule has 0 aromatic heterocycles. The first kappa shape index (κ1) is 12.6. The fourth-order valence-corrected chi connectivity index (χ4v) is 2.24. The van der Waals surface area contributed by atoms with Crippen LogP contribution in [-0.2, 0) is 9.47 Å².